The average molecular weight is 453 g/mol. The lowest BCUT2D eigenvalue weighted by Crippen LogP contribution is -2.36. The quantitative estimate of drug-likeness (QED) is 0.540. The predicted octanol–water partition coefficient (Wildman–Crippen LogP) is 4.10. The summed E-state index contributed by atoms with van der Waals surface area (Å²) in [6.07, 6.45) is 3.41. The average Bonchev–Trinajstić information content (AvgIpc) is 3.23. The van der Waals surface area contributed by atoms with Gasteiger partial charge in [-0.25, -0.2) is 4.98 Å². The Bertz CT molecular complexity index is 1070. The molecule has 0 spiro atoms. The first-order valence-electron chi connectivity index (χ1n) is 11.2. The van der Waals surface area contributed by atoms with Crippen molar-refractivity contribution in [2.24, 2.45) is 0 Å². The highest BCUT2D eigenvalue weighted by atomic mass is 32.1. The SMILES string of the molecule is O=C(Nc1ccc(N2CCOCC2)cc1)c1ccc2nc(NC3CCC(O)CC3)sc2c1. The number of nitrogens with zero attached hydrogens (tertiary/aromatic N) is 2. The Kier molecular flexibility index (Phi) is 6.25. The van der Waals surface area contributed by atoms with Crippen LogP contribution in [0.5, 0.6) is 0 Å². The minimum atomic E-state index is -0.167. The Labute approximate surface area is 191 Å². The van der Waals surface area contributed by atoms with Crippen LogP contribution in [0.25, 0.3) is 10.2 Å². The van der Waals surface area contributed by atoms with E-state index in [0.29, 0.717) is 11.6 Å². The second-order valence-electron chi connectivity index (χ2n) is 8.45. The summed E-state index contributed by atoms with van der Waals surface area (Å²) >= 11 is 1.57. The summed E-state index contributed by atoms with van der Waals surface area (Å²) in [5.41, 5.74) is 3.42. The van der Waals surface area contributed by atoms with Crippen molar-refractivity contribution in [1.82, 2.24) is 4.98 Å². The van der Waals surface area contributed by atoms with Crippen LogP contribution in [-0.2, 0) is 4.74 Å². The molecular formula is C24H28N4O3S. The number of morpholine rings is 1. The molecule has 32 heavy (non-hydrogen) atoms. The van der Waals surface area contributed by atoms with Gasteiger partial charge in [-0.3, -0.25) is 4.79 Å². The first-order valence-corrected chi connectivity index (χ1v) is 12.0. The van der Waals surface area contributed by atoms with Gasteiger partial charge >= 0.3 is 0 Å². The summed E-state index contributed by atoms with van der Waals surface area (Å²) in [5.74, 6) is -0.129. The third kappa shape index (κ3) is 4.87. The van der Waals surface area contributed by atoms with Gasteiger partial charge in [0, 0.05) is 36.1 Å². The van der Waals surface area contributed by atoms with E-state index in [1.165, 1.54) is 0 Å². The number of benzene rings is 2. The van der Waals surface area contributed by atoms with E-state index in [2.05, 4.69) is 20.5 Å². The van der Waals surface area contributed by atoms with Gasteiger partial charge in [0.25, 0.3) is 5.91 Å². The molecule has 5 rings (SSSR count). The van der Waals surface area contributed by atoms with Crippen molar-refractivity contribution in [3.63, 3.8) is 0 Å². The standard InChI is InChI=1S/C24H28N4O3S/c29-20-8-4-18(5-9-20)26-24-27-21-10-1-16(15-22(21)32-24)23(30)25-17-2-6-19(7-3-17)28-11-13-31-14-12-28/h1-3,6-7,10,15,18,20,29H,4-5,8-9,11-14H2,(H,25,30)(H,26,27). The second kappa shape index (κ2) is 9.44. The number of hydrogen-bond acceptors (Lipinski definition) is 7. The fourth-order valence-electron chi connectivity index (χ4n) is 4.30. The number of aliphatic hydroxyl groups is 1. The van der Waals surface area contributed by atoms with Crippen molar-refractivity contribution in [3.8, 4) is 0 Å². The molecule has 0 unspecified atom stereocenters. The number of carbonyl (C=O) groups excluding carboxylic acids is 1. The van der Waals surface area contributed by atoms with E-state index in [4.69, 9.17) is 4.74 Å². The molecule has 2 fully saturated rings. The van der Waals surface area contributed by atoms with E-state index in [1.54, 1.807) is 11.3 Å². The summed E-state index contributed by atoms with van der Waals surface area (Å²) < 4.78 is 6.39. The topological polar surface area (TPSA) is 86.7 Å². The highest BCUT2D eigenvalue weighted by Crippen LogP contribution is 2.30. The summed E-state index contributed by atoms with van der Waals surface area (Å²) in [5, 5.41) is 17.0. The van der Waals surface area contributed by atoms with Gasteiger partial charge in [0.15, 0.2) is 5.13 Å². The van der Waals surface area contributed by atoms with Gasteiger partial charge in [-0.1, -0.05) is 11.3 Å². The molecule has 3 aromatic rings. The monoisotopic (exact) mass is 452 g/mol. The molecule has 0 bridgehead atoms. The van der Waals surface area contributed by atoms with Gasteiger partial charge in [-0.05, 0) is 68.1 Å². The lowest BCUT2D eigenvalue weighted by Gasteiger charge is -2.28. The smallest absolute Gasteiger partial charge is 0.255 e. The van der Waals surface area contributed by atoms with Crippen LogP contribution >= 0.6 is 11.3 Å². The van der Waals surface area contributed by atoms with Gasteiger partial charge in [-0.2, -0.15) is 0 Å². The molecule has 1 aromatic heterocycles. The van der Waals surface area contributed by atoms with E-state index < -0.39 is 0 Å². The molecule has 3 N–H and O–H groups in total. The van der Waals surface area contributed by atoms with E-state index in [1.807, 2.05) is 42.5 Å². The van der Waals surface area contributed by atoms with Gasteiger partial charge in [0.1, 0.15) is 0 Å². The number of anilines is 3. The van der Waals surface area contributed by atoms with Crippen molar-refractivity contribution in [1.29, 1.82) is 0 Å². The molecule has 1 saturated heterocycles. The molecule has 168 valence electrons. The highest BCUT2D eigenvalue weighted by molar-refractivity contribution is 7.22. The van der Waals surface area contributed by atoms with Gasteiger partial charge in [-0.15, -0.1) is 0 Å². The molecule has 0 radical (unpaired) electrons. The number of aliphatic hydroxyl groups excluding tert-OH is 1. The number of rotatable bonds is 5. The van der Waals surface area contributed by atoms with Crippen molar-refractivity contribution < 1.29 is 14.6 Å². The summed E-state index contributed by atoms with van der Waals surface area (Å²) in [7, 11) is 0. The summed E-state index contributed by atoms with van der Waals surface area (Å²) in [6.45, 7) is 3.28. The molecule has 1 aliphatic carbocycles. The fourth-order valence-corrected chi connectivity index (χ4v) is 5.28. The number of aromatic nitrogens is 1. The van der Waals surface area contributed by atoms with E-state index >= 15 is 0 Å². The molecule has 1 amide bonds. The molecule has 7 nitrogen and oxygen atoms in total. The predicted molar refractivity (Wildman–Crippen MR) is 129 cm³/mol. The zero-order valence-corrected chi connectivity index (χ0v) is 18.7. The molecule has 1 aliphatic heterocycles. The minimum absolute atomic E-state index is 0.129. The highest BCUT2D eigenvalue weighted by Gasteiger charge is 2.20. The van der Waals surface area contributed by atoms with Crippen molar-refractivity contribution in [2.75, 3.05) is 41.8 Å². The molecule has 2 aromatic carbocycles. The maximum Gasteiger partial charge on any atom is 0.255 e. The summed E-state index contributed by atoms with van der Waals surface area (Å²) in [6, 6.07) is 13.9. The molecule has 0 atom stereocenters. The van der Waals surface area contributed by atoms with Crippen LogP contribution in [0, 0.1) is 0 Å². The van der Waals surface area contributed by atoms with Crippen LogP contribution < -0.4 is 15.5 Å². The number of fused-ring (bicyclic) bond motifs is 1. The van der Waals surface area contributed by atoms with Crippen molar-refractivity contribution >= 4 is 44.0 Å². The van der Waals surface area contributed by atoms with Crippen LogP contribution in [0.2, 0.25) is 0 Å². The number of amides is 1. The van der Waals surface area contributed by atoms with Crippen LogP contribution in [-0.4, -0.2) is 54.4 Å². The lowest BCUT2D eigenvalue weighted by atomic mass is 9.93. The minimum Gasteiger partial charge on any atom is -0.393 e. The van der Waals surface area contributed by atoms with Crippen LogP contribution in [0.1, 0.15) is 36.0 Å². The second-order valence-corrected chi connectivity index (χ2v) is 9.48. The van der Waals surface area contributed by atoms with Gasteiger partial charge in [0.2, 0.25) is 0 Å². The first kappa shape index (κ1) is 21.2. The third-order valence-corrected chi connectivity index (χ3v) is 7.13. The number of ether oxygens (including phenoxy) is 1. The van der Waals surface area contributed by atoms with Crippen LogP contribution in [0.4, 0.5) is 16.5 Å². The summed E-state index contributed by atoms with van der Waals surface area (Å²) in [4.78, 5) is 19.8. The third-order valence-electron chi connectivity index (χ3n) is 6.18. The maximum absolute atomic E-state index is 12.8. The zero-order valence-electron chi connectivity index (χ0n) is 17.9. The number of nitrogens with one attached hydrogen (secondary N) is 2. The van der Waals surface area contributed by atoms with E-state index in [0.717, 1.165) is 78.7 Å². The lowest BCUT2D eigenvalue weighted by molar-refractivity contribution is 0.102. The molecule has 8 heteroatoms. The van der Waals surface area contributed by atoms with E-state index in [9.17, 15) is 9.90 Å². The van der Waals surface area contributed by atoms with E-state index in [-0.39, 0.29) is 12.0 Å². The number of thiazole rings is 1. The zero-order chi connectivity index (χ0) is 21.9. The Morgan fingerprint density at radius 1 is 1.06 bits per heavy atom. The van der Waals surface area contributed by atoms with Crippen LogP contribution in [0.3, 0.4) is 0 Å². The number of carbonyl (C=O) groups is 1. The largest absolute Gasteiger partial charge is 0.393 e. The molecule has 1 saturated carbocycles. The molecular weight excluding hydrogens is 424 g/mol. The normalized spacial score (nSPS) is 21.5. The molecule has 2 heterocycles. The van der Waals surface area contributed by atoms with Crippen LogP contribution in [0.15, 0.2) is 42.5 Å². The van der Waals surface area contributed by atoms with Crippen molar-refractivity contribution in [2.45, 2.75) is 37.8 Å². The Balaban J connectivity index is 1.23. The van der Waals surface area contributed by atoms with Gasteiger partial charge in [0.05, 0.1) is 29.5 Å². The number of hydrogen-bond donors (Lipinski definition) is 3. The fraction of sp³-hybridized carbons (Fsp3) is 0.417. The molecule has 2 aliphatic rings. The first-order chi connectivity index (χ1) is 15.6. The van der Waals surface area contributed by atoms with Crippen molar-refractivity contribution in [3.05, 3.63) is 48.0 Å². The Morgan fingerprint density at radius 3 is 2.56 bits per heavy atom. The maximum atomic E-state index is 12.8. The Hall–Kier alpha value is -2.68. The Morgan fingerprint density at radius 2 is 1.81 bits per heavy atom. The van der Waals surface area contributed by atoms with Gasteiger partial charge < -0.3 is 25.4 Å².